The molecule has 0 N–H and O–H groups in total. The van der Waals surface area contributed by atoms with E-state index in [2.05, 4.69) is 205 Å². The van der Waals surface area contributed by atoms with Crippen LogP contribution in [0.15, 0.2) is 200 Å². The Bertz CT molecular complexity index is 3860. The minimum atomic E-state index is 0.653. The van der Waals surface area contributed by atoms with Gasteiger partial charge in [0.25, 0.3) is 0 Å². The Morgan fingerprint density at radius 3 is 1.66 bits per heavy atom. The van der Waals surface area contributed by atoms with Crippen LogP contribution in [0.5, 0.6) is 0 Å². The fourth-order valence-corrected chi connectivity index (χ4v) is 9.81. The maximum absolute atomic E-state index is 5.68. The molecule has 0 amide bonds. The summed E-state index contributed by atoms with van der Waals surface area (Å²) in [6.45, 7) is 0. The lowest BCUT2D eigenvalue weighted by Crippen LogP contribution is -2.04. The molecule has 0 atom stereocenters. The number of fused-ring (bicyclic) bond motifs is 15. The topological polar surface area (TPSA) is 30.7 Å². The fourth-order valence-electron chi connectivity index (χ4n) is 9.81. The fraction of sp³-hybridized carbons (Fsp3) is 0. The van der Waals surface area contributed by atoms with Gasteiger partial charge in [-0.2, -0.15) is 0 Å². The monoisotopic (exact) mass is 747 g/mol. The second-order valence-corrected chi connectivity index (χ2v) is 15.7. The summed E-state index contributed by atoms with van der Waals surface area (Å²) >= 11 is 0. The molecular weight excluding hydrogens is 715 g/mol. The number of hydrogen-bond donors (Lipinski definition) is 0. The van der Waals surface area contributed by atoms with E-state index in [0.717, 1.165) is 38.6 Å². The molecule has 0 saturated carbocycles. The molecule has 0 aliphatic rings. The van der Waals surface area contributed by atoms with Gasteiger partial charge in [0.2, 0.25) is 5.95 Å². The van der Waals surface area contributed by atoms with Crippen molar-refractivity contribution in [3.63, 3.8) is 0 Å². The van der Waals surface area contributed by atoms with Crippen molar-refractivity contribution in [2.24, 2.45) is 0 Å². The summed E-state index contributed by atoms with van der Waals surface area (Å²) < 4.78 is 2.31. The normalized spacial score (nSPS) is 12.1. The zero-order valence-electron chi connectivity index (χ0n) is 31.9. The van der Waals surface area contributed by atoms with Crippen molar-refractivity contribution >= 4 is 97.3 Å². The molecule has 3 nitrogen and oxygen atoms in total. The van der Waals surface area contributed by atoms with E-state index < -0.39 is 0 Å². The summed E-state index contributed by atoms with van der Waals surface area (Å²) in [5.74, 6) is 0.653. The molecule has 0 saturated heterocycles. The standard InChI is InChI=1S/C56H33N3/c1-2-12-34(13-3-1)39-24-22-35-23-25-40(31-41(35)30-39)55-53-42-17-7-6-14-36(42)26-28-49(53)57-56(58-55)59-50-29-27-47-45-20-9-8-18-43(45)44-19-10-11-21-46(44)52(47)54(50)48-32-37-15-4-5-16-38(37)33-51(48)59/h1-33H. The van der Waals surface area contributed by atoms with Crippen molar-refractivity contribution in [3.05, 3.63) is 200 Å². The summed E-state index contributed by atoms with van der Waals surface area (Å²) in [4.78, 5) is 11.2. The zero-order chi connectivity index (χ0) is 38.6. The van der Waals surface area contributed by atoms with Crippen LogP contribution >= 0.6 is 0 Å². The van der Waals surface area contributed by atoms with Crippen molar-refractivity contribution in [3.8, 4) is 28.3 Å². The van der Waals surface area contributed by atoms with Crippen molar-refractivity contribution in [2.75, 3.05) is 0 Å². The molecule has 13 aromatic rings. The molecule has 0 unspecified atom stereocenters. The molecule has 272 valence electrons. The van der Waals surface area contributed by atoms with Crippen LogP contribution in [-0.2, 0) is 0 Å². The van der Waals surface area contributed by atoms with Gasteiger partial charge in [-0.15, -0.1) is 0 Å². The molecule has 0 bridgehead atoms. The second-order valence-electron chi connectivity index (χ2n) is 15.7. The number of nitrogens with zero attached hydrogens (tertiary/aromatic N) is 3. The van der Waals surface area contributed by atoms with E-state index in [9.17, 15) is 0 Å². The Hall–Kier alpha value is -7.88. The smallest absolute Gasteiger partial charge is 0.235 e. The Kier molecular flexibility index (Phi) is 6.72. The Morgan fingerprint density at radius 1 is 0.288 bits per heavy atom. The van der Waals surface area contributed by atoms with Crippen LogP contribution in [-0.4, -0.2) is 14.5 Å². The lowest BCUT2D eigenvalue weighted by atomic mass is 9.91. The molecule has 2 heterocycles. The highest BCUT2D eigenvalue weighted by atomic mass is 15.2. The molecule has 0 spiro atoms. The minimum Gasteiger partial charge on any atom is -0.278 e. The molecule has 0 aliphatic heterocycles. The number of benzene rings is 11. The van der Waals surface area contributed by atoms with Gasteiger partial charge in [0.05, 0.1) is 22.2 Å². The first-order chi connectivity index (χ1) is 29.2. The molecule has 2 aromatic heterocycles. The maximum Gasteiger partial charge on any atom is 0.235 e. The summed E-state index contributed by atoms with van der Waals surface area (Å²) in [7, 11) is 0. The molecule has 0 radical (unpaired) electrons. The Balaban J connectivity index is 1.17. The highest BCUT2D eigenvalue weighted by molar-refractivity contribution is 6.35. The zero-order valence-corrected chi connectivity index (χ0v) is 31.9. The average Bonchev–Trinajstić information content (AvgIpc) is 3.63. The molecule has 59 heavy (non-hydrogen) atoms. The van der Waals surface area contributed by atoms with E-state index in [1.165, 1.54) is 81.1 Å². The van der Waals surface area contributed by atoms with Crippen molar-refractivity contribution in [1.29, 1.82) is 0 Å². The first kappa shape index (κ1) is 32.2. The first-order valence-corrected chi connectivity index (χ1v) is 20.2. The largest absolute Gasteiger partial charge is 0.278 e. The van der Waals surface area contributed by atoms with E-state index in [1.807, 2.05) is 0 Å². The quantitative estimate of drug-likeness (QED) is 0.169. The highest BCUT2D eigenvalue weighted by Gasteiger charge is 2.22. The first-order valence-electron chi connectivity index (χ1n) is 20.2. The van der Waals surface area contributed by atoms with E-state index in [-0.39, 0.29) is 0 Å². The minimum absolute atomic E-state index is 0.653. The van der Waals surface area contributed by atoms with Crippen LogP contribution in [0.1, 0.15) is 0 Å². The van der Waals surface area contributed by atoms with Crippen LogP contribution in [0, 0.1) is 0 Å². The molecule has 13 rings (SSSR count). The van der Waals surface area contributed by atoms with E-state index in [4.69, 9.17) is 9.97 Å². The average molecular weight is 748 g/mol. The predicted molar refractivity (Wildman–Crippen MR) is 250 cm³/mol. The molecule has 3 heteroatoms. The van der Waals surface area contributed by atoms with Gasteiger partial charge in [-0.3, -0.25) is 4.57 Å². The third-order valence-electron chi connectivity index (χ3n) is 12.5. The predicted octanol–water partition coefficient (Wildman–Crippen LogP) is 15.0. The maximum atomic E-state index is 5.68. The highest BCUT2D eigenvalue weighted by Crippen LogP contribution is 2.45. The summed E-state index contributed by atoms with van der Waals surface area (Å²) in [5.41, 5.74) is 7.45. The third kappa shape index (κ3) is 4.76. The van der Waals surface area contributed by atoms with Gasteiger partial charge in [0, 0.05) is 27.1 Å². The molecule has 11 aromatic carbocycles. The van der Waals surface area contributed by atoms with Crippen LogP contribution in [0.25, 0.3) is 126 Å². The van der Waals surface area contributed by atoms with Crippen molar-refractivity contribution in [2.45, 2.75) is 0 Å². The molecule has 0 aliphatic carbocycles. The van der Waals surface area contributed by atoms with Gasteiger partial charge >= 0.3 is 0 Å². The number of hydrogen-bond acceptors (Lipinski definition) is 2. The van der Waals surface area contributed by atoms with Gasteiger partial charge in [0.15, 0.2) is 0 Å². The molecular formula is C56H33N3. The Morgan fingerprint density at radius 2 is 0.881 bits per heavy atom. The third-order valence-corrected chi connectivity index (χ3v) is 12.5. The van der Waals surface area contributed by atoms with Gasteiger partial charge in [-0.1, -0.05) is 164 Å². The lowest BCUT2D eigenvalue weighted by Gasteiger charge is -2.15. The summed E-state index contributed by atoms with van der Waals surface area (Å²) in [5, 5.41) is 18.0. The number of aromatic nitrogens is 3. The van der Waals surface area contributed by atoms with Gasteiger partial charge < -0.3 is 0 Å². The van der Waals surface area contributed by atoms with Crippen LogP contribution < -0.4 is 0 Å². The SMILES string of the molecule is c1ccc(-c2ccc3ccc(-c4nc(-n5c6cc7ccccc7cc6c6c7c8ccccc8c8ccccc8c7ccc65)nc5ccc6ccccc6c45)cc3c2)cc1. The molecule has 0 fully saturated rings. The van der Waals surface area contributed by atoms with Crippen LogP contribution in [0.4, 0.5) is 0 Å². The van der Waals surface area contributed by atoms with Crippen molar-refractivity contribution in [1.82, 2.24) is 14.5 Å². The van der Waals surface area contributed by atoms with Crippen LogP contribution in [0.2, 0.25) is 0 Å². The lowest BCUT2D eigenvalue weighted by molar-refractivity contribution is 1.02. The van der Waals surface area contributed by atoms with Crippen LogP contribution in [0.3, 0.4) is 0 Å². The number of rotatable bonds is 3. The van der Waals surface area contributed by atoms with Crippen molar-refractivity contribution < 1.29 is 0 Å². The van der Waals surface area contributed by atoms with E-state index in [1.54, 1.807) is 0 Å². The summed E-state index contributed by atoms with van der Waals surface area (Å²) in [6.07, 6.45) is 0. The summed E-state index contributed by atoms with van der Waals surface area (Å²) in [6, 6.07) is 72.7. The van der Waals surface area contributed by atoms with Gasteiger partial charge in [-0.05, 0) is 107 Å². The van der Waals surface area contributed by atoms with E-state index >= 15 is 0 Å². The van der Waals surface area contributed by atoms with E-state index in [0.29, 0.717) is 5.95 Å². The van der Waals surface area contributed by atoms with Gasteiger partial charge in [-0.25, -0.2) is 9.97 Å². The van der Waals surface area contributed by atoms with Gasteiger partial charge in [0.1, 0.15) is 0 Å². The second kappa shape index (κ2) is 12.3. The Labute approximate surface area is 339 Å².